The zero-order valence-corrected chi connectivity index (χ0v) is 36.2. The SMILES string of the molecule is CC1C(C)C(C)C1C.CC1C(C)C2C=CC1C(C)C2C.CC1CC(C)C(C)C1C.CC1CC(C)C(C)CC1C.CCC(C)C(C)CC. The smallest absolute Gasteiger partial charge is 0.0176 e. The molecule has 6 rings (SSSR count). The van der Waals surface area contributed by atoms with Gasteiger partial charge in [-0.15, -0.1) is 0 Å². The summed E-state index contributed by atoms with van der Waals surface area (Å²) in [5.74, 6) is 18.8. The number of rotatable bonds is 3. The molecular weight excluding hydrogens is 565 g/mol. The molecule has 0 amide bonds. The Morgan fingerprint density at radius 3 is 0.723 bits per heavy atom. The summed E-state index contributed by atoms with van der Waals surface area (Å²) >= 11 is 0. The van der Waals surface area contributed by atoms with Crippen LogP contribution in [0.2, 0.25) is 0 Å². The molecule has 0 radical (unpaired) electrons. The van der Waals surface area contributed by atoms with E-state index in [1.807, 2.05) is 0 Å². The molecule has 0 heterocycles. The van der Waals surface area contributed by atoms with Gasteiger partial charge in [0.05, 0.1) is 0 Å². The molecule has 0 aromatic heterocycles. The second-order valence-corrected chi connectivity index (χ2v) is 19.5. The first-order valence-corrected chi connectivity index (χ1v) is 21.4. The molecule has 0 nitrogen and oxygen atoms in total. The molecular formula is C47H92. The summed E-state index contributed by atoms with van der Waals surface area (Å²) in [6, 6.07) is 0. The van der Waals surface area contributed by atoms with Gasteiger partial charge in [0.25, 0.3) is 0 Å². The monoisotopic (exact) mass is 657 g/mol. The van der Waals surface area contributed by atoms with Crippen molar-refractivity contribution in [2.45, 2.75) is 171 Å². The molecule has 4 fully saturated rings. The van der Waals surface area contributed by atoms with Crippen molar-refractivity contribution in [3.63, 3.8) is 0 Å². The summed E-state index contributed by atoms with van der Waals surface area (Å²) in [6.45, 7) is 47.4. The van der Waals surface area contributed by atoms with Crippen LogP contribution in [0.4, 0.5) is 0 Å². The van der Waals surface area contributed by atoms with E-state index in [4.69, 9.17) is 0 Å². The summed E-state index contributed by atoms with van der Waals surface area (Å²) < 4.78 is 0. The van der Waals surface area contributed by atoms with Crippen LogP contribution in [0, 0.1) is 118 Å². The summed E-state index contributed by atoms with van der Waals surface area (Å²) in [5, 5.41) is 0. The lowest BCUT2D eigenvalue weighted by Crippen LogP contribution is -2.44. The lowest BCUT2D eigenvalue weighted by Gasteiger charge is -2.50. The van der Waals surface area contributed by atoms with Gasteiger partial charge in [0.15, 0.2) is 0 Å². The Morgan fingerprint density at radius 2 is 0.553 bits per heavy atom. The van der Waals surface area contributed by atoms with Crippen LogP contribution in [-0.4, -0.2) is 0 Å². The Morgan fingerprint density at radius 1 is 0.340 bits per heavy atom. The highest BCUT2D eigenvalue weighted by Gasteiger charge is 2.44. The van der Waals surface area contributed by atoms with Gasteiger partial charge in [-0.1, -0.05) is 163 Å². The lowest BCUT2D eigenvalue weighted by molar-refractivity contribution is 0.0302. The van der Waals surface area contributed by atoms with E-state index in [0.29, 0.717) is 0 Å². The van der Waals surface area contributed by atoms with Crippen LogP contribution in [0.25, 0.3) is 0 Å². The minimum absolute atomic E-state index is 0.861. The van der Waals surface area contributed by atoms with Gasteiger partial charge in [-0.2, -0.15) is 0 Å². The quantitative estimate of drug-likeness (QED) is 0.265. The molecule has 0 heteroatoms. The zero-order chi connectivity index (χ0) is 36.5. The molecule has 6 aliphatic carbocycles. The molecule has 0 aliphatic heterocycles. The van der Waals surface area contributed by atoms with Crippen molar-refractivity contribution in [3.8, 4) is 0 Å². The Bertz CT molecular complexity index is 731. The van der Waals surface area contributed by atoms with E-state index < -0.39 is 0 Å². The average molecular weight is 657 g/mol. The fourth-order valence-corrected chi connectivity index (χ4v) is 10.0. The standard InChI is InChI=1S/C12H20.C10H20.C9H18.C8H16.C8H18/c1-7-8(2)12-6-5-11(7)9(3)10(12)4;1-7-5-9(3)10(4)6-8(7)2;1-6-5-7(2)9(4)8(6)3;1-5-6(2)8(4)7(5)3;1-5-7(3)8(4)6-2/h5-12H,1-4H3;7-10H,5-6H2,1-4H3;6-9H,5H2,1-4H3;5-8H,1-4H3;7-8H,5-6H2,1-4H3. The van der Waals surface area contributed by atoms with Crippen molar-refractivity contribution < 1.29 is 0 Å². The fourth-order valence-electron chi connectivity index (χ4n) is 10.0. The van der Waals surface area contributed by atoms with Crippen molar-refractivity contribution in [1.82, 2.24) is 0 Å². The third-order valence-electron chi connectivity index (χ3n) is 17.0. The van der Waals surface area contributed by atoms with Crippen LogP contribution < -0.4 is 0 Å². The zero-order valence-electron chi connectivity index (χ0n) is 36.2. The van der Waals surface area contributed by atoms with Crippen LogP contribution >= 0.6 is 0 Å². The van der Waals surface area contributed by atoms with Crippen LogP contribution in [0.15, 0.2) is 12.2 Å². The second kappa shape index (κ2) is 20.6. The van der Waals surface area contributed by atoms with E-state index in [0.717, 1.165) is 118 Å². The molecule has 0 N–H and O–H groups in total. The Labute approximate surface area is 300 Å². The van der Waals surface area contributed by atoms with E-state index in [1.54, 1.807) is 0 Å². The number of fused-ring (bicyclic) bond motifs is 2. The van der Waals surface area contributed by atoms with E-state index in [9.17, 15) is 0 Å². The van der Waals surface area contributed by atoms with E-state index >= 15 is 0 Å². The molecule has 0 spiro atoms. The van der Waals surface area contributed by atoms with Crippen molar-refractivity contribution >= 4 is 0 Å². The van der Waals surface area contributed by atoms with E-state index in [1.165, 1.54) is 32.1 Å². The molecule has 47 heavy (non-hydrogen) atoms. The number of hydrogen-bond donors (Lipinski definition) is 0. The average Bonchev–Trinajstić information content (AvgIpc) is 3.27. The molecule has 14 atom stereocenters. The maximum absolute atomic E-state index is 2.47. The van der Waals surface area contributed by atoms with Crippen LogP contribution in [0.5, 0.6) is 0 Å². The summed E-state index contributed by atoms with van der Waals surface area (Å²) in [6.07, 6.45) is 11.9. The predicted octanol–water partition coefficient (Wildman–Crippen LogP) is 15.2. The lowest BCUT2D eigenvalue weighted by atomic mass is 9.55. The molecule has 0 aromatic rings. The topological polar surface area (TPSA) is 0 Å². The normalized spacial score (nSPS) is 47.7. The van der Waals surface area contributed by atoms with Crippen LogP contribution in [0.3, 0.4) is 0 Å². The number of hydrogen-bond acceptors (Lipinski definition) is 0. The first kappa shape index (κ1) is 44.8. The van der Waals surface area contributed by atoms with Gasteiger partial charge >= 0.3 is 0 Å². The third kappa shape index (κ3) is 12.2. The van der Waals surface area contributed by atoms with Gasteiger partial charge in [0, 0.05) is 0 Å². The predicted molar refractivity (Wildman–Crippen MR) is 216 cm³/mol. The maximum Gasteiger partial charge on any atom is -0.0176 e. The minimum atomic E-state index is 0.861. The maximum atomic E-state index is 2.47. The van der Waals surface area contributed by atoms with Gasteiger partial charge in [-0.05, 0) is 138 Å². The first-order chi connectivity index (χ1) is 21.7. The third-order valence-corrected chi connectivity index (χ3v) is 17.0. The van der Waals surface area contributed by atoms with Crippen molar-refractivity contribution in [2.75, 3.05) is 0 Å². The Balaban J connectivity index is 0.000000297. The second-order valence-electron chi connectivity index (χ2n) is 19.5. The van der Waals surface area contributed by atoms with Crippen LogP contribution in [-0.2, 0) is 0 Å². The summed E-state index contributed by atoms with van der Waals surface area (Å²) in [7, 11) is 0. The molecule has 0 aromatic carbocycles. The molecule has 280 valence electrons. The van der Waals surface area contributed by atoms with Crippen molar-refractivity contribution in [2.24, 2.45) is 118 Å². The number of allylic oxidation sites excluding steroid dienone is 2. The molecule has 6 aliphatic rings. The van der Waals surface area contributed by atoms with Gasteiger partial charge in [0.1, 0.15) is 0 Å². The van der Waals surface area contributed by atoms with E-state index in [-0.39, 0.29) is 0 Å². The Hall–Kier alpha value is -0.260. The molecule has 4 saturated carbocycles. The van der Waals surface area contributed by atoms with Gasteiger partial charge in [-0.3, -0.25) is 0 Å². The Kier molecular flexibility index (Phi) is 19.6. The minimum Gasteiger partial charge on any atom is -0.0846 e. The first-order valence-electron chi connectivity index (χ1n) is 21.4. The molecule has 14 unspecified atom stereocenters. The van der Waals surface area contributed by atoms with Gasteiger partial charge in [0.2, 0.25) is 0 Å². The molecule has 2 bridgehead atoms. The van der Waals surface area contributed by atoms with Crippen molar-refractivity contribution in [1.29, 1.82) is 0 Å². The van der Waals surface area contributed by atoms with Gasteiger partial charge < -0.3 is 0 Å². The highest BCUT2D eigenvalue weighted by Crippen LogP contribution is 2.50. The largest absolute Gasteiger partial charge is 0.0846 e. The van der Waals surface area contributed by atoms with Gasteiger partial charge in [-0.25, -0.2) is 0 Å². The van der Waals surface area contributed by atoms with Crippen molar-refractivity contribution in [3.05, 3.63) is 12.2 Å². The van der Waals surface area contributed by atoms with Crippen LogP contribution in [0.1, 0.15) is 171 Å². The van der Waals surface area contributed by atoms with E-state index in [2.05, 4.69) is 151 Å². The highest BCUT2D eigenvalue weighted by molar-refractivity contribution is 5.12. The fraction of sp³-hybridized carbons (Fsp3) is 0.957. The highest BCUT2D eigenvalue weighted by atomic mass is 14.5. The summed E-state index contributed by atoms with van der Waals surface area (Å²) in [4.78, 5) is 0. The summed E-state index contributed by atoms with van der Waals surface area (Å²) in [5.41, 5.74) is 0. The molecule has 0 saturated heterocycles.